The van der Waals surface area contributed by atoms with E-state index in [0.717, 1.165) is 37.3 Å². The first kappa shape index (κ1) is 19.0. The molecule has 0 radical (unpaired) electrons. The minimum atomic E-state index is -3.59. The van der Waals surface area contributed by atoms with Crippen molar-refractivity contribution in [1.82, 2.24) is 9.62 Å². The normalized spacial score (nSPS) is 18.7. The summed E-state index contributed by atoms with van der Waals surface area (Å²) in [6.45, 7) is 3.44. The summed E-state index contributed by atoms with van der Waals surface area (Å²) >= 11 is 0. The van der Waals surface area contributed by atoms with E-state index < -0.39 is 15.8 Å². The van der Waals surface area contributed by atoms with Gasteiger partial charge in [-0.1, -0.05) is 30.3 Å². The number of nitrogens with zero attached hydrogens (tertiary/aromatic N) is 1. The molecule has 1 heterocycles. The van der Waals surface area contributed by atoms with E-state index in [0.29, 0.717) is 19.6 Å². The SMILES string of the molecule is O=S(=O)(NCCCN1CCO[C@H](c2ccccc2)C1)c1ccc(F)cc1. The maximum atomic E-state index is 12.9. The molecule has 7 heteroatoms. The summed E-state index contributed by atoms with van der Waals surface area (Å²) in [6.07, 6.45) is 0.753. The summed E-state index contributed by atoms with van der Waals surface area (Å²) in [5, 5.41) is 0. The van der Waals surface area contributed by atoms with Crippen LogP contribution in [0.2, 0.25) is 0 Å². The molecule has 1 saturated heterocycles. The van der Waals surface area contributed by atoms with E-state index in [-0.39, 0.29) is 11.0 Å². The molecule has 26 heavy (non-hydrogen) atoms. The van der Waals surface area contributed by atoms with Crippen molar-refractivity contribution in [2.24, 2.45) is 0 Å². The number of nitrogens with one attached hydrogen (secondary N) is 1. The molecule has 140 valence electrons. The molecule has 1 aliphatic heterocycles. The monoisotopic (exact) mass is 378 g/mol. The summed E-state index contributed by atoms with van der Waals surface area (Å²) in [7, 11) is -3.59. The second-order valence-corrected chi connectivity index (χ2v) is 8.04. The number of ether oxygens (including phenoxy) is 1. The minimum absolute atomic E-state index is 0.0563. The predicted octanol–water partition coefficient (Wildman–Crippen LogP) is 2.57. The molecule has 1 fully saturated rings. The lowest BCUT2D eigenvalue weighted by molar-refractivity contribution is -0.0300. The van der Waals surface area contributed by atoms with Gasteiger partial charge in [0.1, 0.15) is 5.82 Å². The molecule has 0 saturated carbocycles. The Morgan fingerprint density at radius 2 is 1.85 bits per heavy atom. The largest absolute Gasteiger partial charge is 0.371 e. The number of hydrogen-bond acceptors (Lipinski definition) is 4. The molecule has 1 atom stereocenters. The van der Waals surface area contributed by atoms with Crippen molar-refractivity contribution in [3.8, 4) is 0 Å². The molecular weight excluding hydrogens is 355 g/mol. The highest BCUT2D eigenvalue weighted by molar-refractivity contribution is 7.89. The number of halogens is 1. The van der Waals surface area contributed by atoms with Crippen LogP contribution in [0, 0.1) is 5.82 Å². The molecule has 2 aromatic rings. The second-order valence-electron chi connectivity index (χ2n) is 6.28. The Morgan fingerprint density at radius 1 is 1.12 bits per heavy atom. The molecule has 0 aliphatic carbocycles. The lowest BCUT2D eigenvalue weighted by Gasteiger charge is -2.33. The first-order valence-corrected chi connectivity index (χ1v) is 10.2. The van der Waals surface area contributed by atoms with Gasteiger partial charge >= 0.3 is 0 Å². The van der Waals surface area contributed by atoms with Gasteiger partial charge in [-0.25, -0.2) is 17.5 Å². The average Bonchev–Trinajstić information content (AvgIpc) is 2.67. The zero-order valence-electron chi connectivity index (χ0n) is 14.5. The summed E-state index contributed by atoms with van der Waals surface area (Å²) in [6, 6.07) is 14.9. The van der Waals surface area contributed by atoms with Gasteiger partial charge in [-0.15, -0.1) is 0 Å². The Labute approximate surface area is 153 Å². The Bertz CT molecular complexity index is 797. The summed E-state index contributed by atoms with van der Waals surface area (Å²) < 4.78 is 45.6. The van der Waals surface area contributed by atoms with Crippen LogP contribution in [0.1, 0.15) is 18.1 Å². The molecule has 2 aromatic carbocycles. The van der Waals surface area contributed by atoms with Gasteiger partial charge < -0.3 is 4.74 Å². The maximum absolute atomic E-state index is 12.9. The summed E-state index contributed by atoms with van der Waals surface area (Å²) in [5.74, 6) is -0.454. The van der Waals surface area contributed by atoms with Crippen molar-refractivity contribution in [3.63, 3.8) is 0 Å². The molecule has 1 N–H and O–H groups in total. The Hall–Kier alpha value is -1.80. The standard InChI is InChI=1S/C19H23FN2O3S/c20-17-7-9-18(10-8-17)26(23,24)21-11-4-12-22-13-14-25-19(15-22)16-5-2-1-3-6-16/h1-3,5-10,19,21H,4,11-15H2/t19-/m0/s1. The van der Waals surface area contributed by atoms with Crippen molar-refractivity contribution in [2.45, 2.75) is 17.4 Å². The minimum Gasteiger partial charge on any atom is -0.371 e. The van der Waals surface area contributed by atoms with Gasteiger partial charge in [-0.05, 0) is 42.8 Å². The molecule has 1 aliphatic rings. The van der Waals surface area contributed by atoms with Crippen LogP contribution in [0.4, 0.5) is 4.39 Å². The van der Waals surface area contributed by atoms with Crippen LogP contribution in [0.5, 0.6) is 0 Å². The first-order valence-electron chi connectivity index (χ1n) is 8.69. The average molecular weight is 378 g/mol. The molecule has 0 bridgehead atoms. The highest BCUT2D eigenvalue weighted by Gasteiger charge is 2.21. The van der Waals surface area contributed by atoms with Gasteiger partial charge in [-0.2, -0.15) is 0 Å². The third-order valence-electron chi connectivity index (χ3n) is 4.39. The van der Waals surface area contributed by atoms with Crippen LogP contribution in [0.15, 0.2) is 59.5 Å². The molecule has 3 rings (SSSR count). The van der Waals surface area contributed by atoms with E-state index in [2.05, 4.69) is 21.8 Å². The van der Waals surface area contributed by atoms with E-state index in [1.54, 1.807) is 0 Å². The fourth-order valence-electron chi connectivity index (χ4n) is 2.98. The molecular formula is C19H23FN2O3S. The molecule has 0 spiro atoms. The summed E-state index contributed by atoms with van der Waals surface area (Å²) in [5.41, 5.74) is 1.16. The molecule has 0 aromatic heterocycles. The molecule has 0 amide bonds. The van der Waals surface area contributed by atoms with Gasteiger partial charge in [0.2, 0.25) is 10.0 Å². The van der Waals surface area contributed by atoms with Crippen LogP contribution in [0.25, 0.3) is 0 Å². The van der Waals surface area contributed by atoms with Gasteiger partial charge in [-0.3, -0.25) is 4.90 Å². The lowest BCUT2D eigenvalue weighted by Crippen LogP contribution is -2.39. The van der Waals surface area contributed by atoms with Crippen LogP contribution < -0.4 is 4.72 Å². The lowest BCUT2D eigenvalue weighted by atomic mass is 10.1. The first-order chi connectivity index (χ1) is 12.5. The quantitative estimate of drug-likeness (QED) is 0.753. The van der Waals surface area contributed by atoms with Crippen LogP contribution >= 0.6 is 0 Å². The van der Waals surface area contributed by atoms with Crippen LogP contribution in [0.3, 0.4) is 0 Å². The zero-order chi connectivity index (χ0) is 18.4. The highest BCUT2D eigenvalue weighted by atomic mass is 32.2. The zero-order valence-corrected chi connectivity index (χ0v) is 15.3. The summed E-state index contributed by atoms with van der Waals surface area (Å²) in [4.78, 5) is 2.36. The van der Waals surface area contributed by atoms with Gasteiger partial charge in [0.25, 0.3) is 0 Å². The predicted molar refractivity (Wildman–Crippen MR) is 97.8 cm³/mol. The number of hydrogen-bond donors (Lipinski definition) is 1. The van der Waals surface area contributed by atoms with Crippen LogP contribution in [-0.2, 0) is 14.8 Å². The number of rotatable bonds is 7. The third-order valence-corrected chi connectivity index (χ3v) is 5.87. The topological polar surface area (TPSA) is 58.6 Å². The Morgan fingerprint density at radius 3 is 2.58 bits per heavy atom. The third kappa shape index (κ3) is 5.11. The molecule has 0 unspecified atom stereocenters. The highest BCUT2D eigenvalue weighted by Crippen LogP contribution is 2.21. The second kappa shape index (κ2) is 8.73. The fraction of sp³-hybridized carbons (Fsp3) is 0.368. The van der Waals surface area contributed by atoms with Gasteiger partial charge in [0.15, 0.2) is 0 Å². The maximum Gasteiger partial charge on any atom is 0.240 e. The van der Waals surface area contributed by atoms with Crippen molar-refractivity contribution in [1.29, 1.82) is 0 Å². The van der Waals surface area contributed by atoms with Crippen molar-refractivity contribution >= 4 is 10.0 Å². The van der Waals surface area contributed by atoms with Crippen molar-refractivity contribution in [3.05, 3.63) is 66.0 Å². The van der Waals surface area contributed by atoms with E-state index in [1.165, 1.54) is 12.1 Å². The van der Waals surface area contributed by atoms with Crippen molar-refractivity contribution < 1.29 is 17.5 Å². The number of benzene rings is 2. The van der Waals surface area contributed by atoms with Gasteiger partial charge in [0.05, 0.1) is 17.6 Å². The fourth-order valence-corrected chi connectivity index (χ4v) is 4.06. The van der Waals surface area contributed by atoms with E-state index >= 15 is 0 Å². The van der Waals surface area contributed by atoms with E-state index in [4.69, 9.17) is 4.74 Å². The van der Waals surface area contributed by atoms with E-state index in [1.807, 2.05) is 18.2 Å². The van der Waals surface area contributed by atoms with E-state index in [9.17, 15) is 12.8 Å². The van der Waals surface area contributed by atoms with Gasteiger partial charge in [0, 0.05) is 19.6 Å². The van der Waals surface area contributed by atoms with Crippen LogP contribution in [-0.4, -0.2) is 46.1 Å². The Balaban J connectivity index is 1.45. The number of sulfonamides is 1. The van der Waals surface area contributed by atoms with Crippen molar-refractivity contribution in [2.75, 3.05) is 32.8 Å². The molecule has 5 nitrogen and oxygen atoms in total. The smallest absolute Gasteiger partial charge is 0.240 e. The number of morpholine rings is 1. The Kier molecular flexibility index (Phi) is 6.37.